The van der Waals surface area contributed by atoms with Gasteiger partial charge >= 0.3 is 0 Å². The second kappa shape index (κ2) is 5.87. The van der Waals surface area contributed by atoms with Gasteiger partial charge in [0.25, 0.3) is 11.8 Å². The monoisotopic (exact) mass is 289 g/mol. The maximum Gasteiger partial charge on any atom is 0.296 e. The zero-order valence-electron chi connectivity index (χ0n) is 12.9. The minimum atomic E-state index is -0.278. The quantitative estimate of drug-likeness (QED) is 0.864. The molecule has 2 rings (SSSR count). The number of amides is 1. The Bertz CT molecular complexity index is 649. The molecule has 112 valence electrons. The molecule has 0 atom stereocenters. The van der Waals surface area contributed by atoms with E-state index in [1.165, 1.54) is 18.1 Å². The van der Waals surface area contributed by atoms with E-state index in [-0.39, 0.29) is 17.5 Å². The first-order chi connectivity index (χ1) is 9.93. The number of nitrogens with zero attached hydrogens (tertiary/aromatic N) is 3. The largest absolute Gasteiger partial charge is 0.479 e. The highest BCUT2D eigenvalue weighted by molar-refractivity contribution is 6.04. The van der Waals surface area contributed by atoms with E-state index < -0.39 is 0 Å². The van der Waals surface area contributed by atoms with Gasteiger partial charge in [-0.25, -0.2) is 0 Å². The Balaban J connectivity index is 2.28. The van der Waals surface area contributed by atoms with Gasteiger partial charge in [-0.3, -0.25) is 4.79 Å². The zero-order chi connectivity index (χ0) is 15.6. The van der Waals surface area contributed by atoms with Crippen LogP contribution >= 0.6 is 0 Å². The number of methoxy groups -OCH3 is 1. The van der Waals surface area contributed by atoms with E-state index in [9.17, 15) is 4.79 Å². The molecule has 0 bridgehead atoms. The molecular weight excluding hydrogens is 270 g/mol. The predicted octanol–water partition coefficient (Wildman–Crippen LogP) is 2.33. The Morgan fingerprint density at radius 1 is 1.24 bits per heavy atom. The average molecular weight is 289 g/mol. The fraction of sp³-hybridized carbons (Fsp3) is 0.333. The number of aryl methyl sites for hydroxylation is 1. The van der Waals surface area contributed by atoms with Crippen molar-refractivity contribution in [2.45, 2.75) is 6.92 Å². The topological polar surface area (TPSA) is 58.8 Å². The second-order valence-electron chi connectivity index (χ2n) is 4.96. The molecular formula is C15H19N3O3. The fourth-order valence-electron chi connectivity index (χ4n) is 2.03. The van der Waals surface area contributed by atoms with E-state index in [0.29, 0.717) is 0 Å². The third-order valence-corrected chi connectivity index (χ3v) is 3.27. The number of aromatic nitrogens is 1. The van der Waals surface area contributed by atoms with E-state index in [2.05, 4.69) is 5.16 Å². The molecule has 1 aromatic heterocycles. The lowest BCUT2D eigenvalue weighted by atomic mass is 10.1. The van der Waals surface area contributed by atoms with Crippen LogP contribution in [0.25, 0.3) is 0 Å². The summed E-state index contributed by atoms with van der Waals surface area (Å²) in [4.78, 5) is 15.9. The van der Waals surface area contributed by atoms with Gasteiger partial charge in [-0.15, -0.1) is 0 Å². The molecule has 0 spiro atoms. The Hall–Kier alpha value is -2.50. The molecule has 0 saturated carbocycles. The molecule has 0 fully saturated rings. The van der Waals surface area contributed by atoms with Crippen LogP contribution < -0.4 is 14.5 Å². The first kappa shape index (κ1) is 14.9. The lowest BCUT2D eigenvalue weighted by Gasteiger charge is -2.21. The Morgan fingerprint density at radius 2 is 1.95 bits per heavy atom. The SMILES string of the molecule is COc1cc(C(=O)N(C)c2ccc(C)c(N(C)C)c2)on1. The van der Waals surface area contributed by atoms with Crippen LogP contribution in [0.4, 0.5) is 11.4 Å². The molecule has 0 aliphatic heterocycles. The van der Waals surface area contributed by atoms with Crippen LogP contribution in [0.5, 0.6) is 5.88 Å². The van der Waals surface area contributed by atoms with Crippen molar-refractivity contribution in [1.82, 2.24) is 5.16 Å². The van der Waals surface area contributed by atoms with Crippen LogP contribution in [0.2, 0.25) is 0 Å². The van der Waals surface area contributed by atoms with Crippen molar-refractivity contribution in [3.63, 3.8) is 0 Å². The third kappa shape index (κ3) is 2.99. The van der Waals surface area contributed by atoms with Gasteiger partial charge in [0.2, 0.25) is 5.76 Å². The minimum absolute atomic E-state index is 0.140. The van der Waals surface area contributed by atoms with Crippen molar-refractivity contribution < 1.29 is 14.1 Å². The summed E-state index contributed by atoms with van der Waals surface area (Å²) in [6.45, 7) is 2.03. The normalized spacial score (nSPS) is 10.3. The van der Waals surface area contributed by atoms with Gasteiger partial charge in [-0.2, -0.15) is 0 Å². The summed E-state index contributed by atoms with van der Waals surface area (Å²) in [5, 5.41) is 3.64. The van der Waals surface area contributed by atoms with Crippen LogP contribution in [-0.2, 0) is 0 Å². The van der Waals surface area contributed by atoms with Crippen LogP contribution in [0, 0.1) is 6.92 Å². The van der Waals surface area contributed by atoms with Crippen molar-refractivity contribution in [1.29, 1.82) is 0 Å². The summed E-state index contributed by atoms with van der Waals surface area (Å²) in [5.74, 6) is 0.144. The molecule has 1 aromatic carbocycles. The fourth-order valence-corrected chi connectivity index (χ4v) is 2.03. The lowest BCUT2D eigenvalue weighted by molar-refractivity contribution is 0.0957. The lowest BCUT2D eigenvalue weighted by Crippen LogP contribution is -2.26. The first-order valence-corrected chi connectivity index (χ1v) is 6.50. The summed E-state index contributed by atoms with van der Waals surface area (Å²) in [6.07, 6.45) is 0. The maximum absolute atomic E-state index is 12.4. The molecule has 2 aromatic rings. The summed E-state index contributed by atoms with van der Waals surface area (Å²) in [6, 6.07) is 7.31. The predicted molar refractivity (Wildman–Crippen MR) is 81.3 cm³/mol. The maximum atomic E-state index is 12.4. The van der Waals surface area contributed by atoms with Crippen molar-refractivity contribution in [3.05, 3.63) is 35.6 Å². The summed E-state index contributed by atoms with van der Waals surface area (Å²) in [5.41, 5.74) is 2.98. The number of carbonyl (C=O) groups excluding carboxylic acids is 1. The Morgan fingerprint density at radius 3 is 2.52 bits per heavy atom. The van der Waals surface area contributed by atoms with Crippen molar-refractivity contribution in [2.24, 2.45) is 0 Å². The highest BCUT2D eigenvalue weighted by atomic mass is 16.5. The molecule has 0 radical (unpaired) electrons. The molecule has 0 aliphatic carbocycles. The third-order valence-electron chi connectivity index (χ3n) is 3.27. The molecule has 0 saturated heterocycles. The summed E-state index contributed by atoms with van der Waals surface area (Å²) < 4.78 is 9.90. The van der Waals surface area contributed by atoms with Gasteiger partial charge in [-0.05, 0) is 29.8 Å². The molecule has 0 aliphatic rings. The average Bonchev–Trinajstić information content (AvgIpc) is 2.94. The van der Waals surface area contributed by atoms with Crippen molar-refractivity contribution in [3.8, 4) is 5.88 Å². The van der Waals surface area contributed by atoms with E-state index in [1.807, 2.05) is 44.1 Å². The number of hydrogen-bond donors (Lipinski definition) is 0. The number of carbonyl (C=O) groups is 1. The number of anilines is 2. The van der Waals surface area contributed by atoms with Gasteiger partial charge in [0.1, 0.15) is 0 Å². The van der Waals surface area contributed by atoms with Gasteiger partial charge in [0.15, 0.2) is 0 Å². The number of hydrogen-bond acceptors (Lipinski definition) is 5. The van der Waals surface area contributed by atoms with Gasteiger partial charge in [0.05, 0.1) is 13.2 Å². The van der Waals surface area contributed by atoms with Crippen LogP contribution in [-0.4, -0.2) is 39.3 Å². The molecule has 1 amide bonds. The first-order valence-electron chi connectivity index (χ1n) is 6.50. The Kier molecular flexibility index (Phi) is 4.16. The van der Waals surface area contributed by atoms with Crippen LogP contribution in [0.15, 0.2) is 28.8 Å². The van der Waals surface area contributed by atoms with E-state index in [0.717, 1.165) is 16.9 Å². The number of benzene rings is 1. The zero-order valence-corrected chi connectivity index (χ0v) is 12.9. The number of rotatable bonds is 4. The second-order valence-corrected chi connectivity index (χ2v) is 4.96. The smallest absolute Gasteiger partial charge is 0.296 e. The molecule has 0 N–H and O–H groups in total. The summed E-state index contributed by atoms with van der Waals surface area (Å²) in [7, 11) is 7.10. The molecule has 6 nitrogen and oxygen atoms in total. The van der Waals surface area contributed by atoms with E-state index >= 15 is 0 Å². The van der Waals surface area contributed by atoms with Gasteiger partial charge in [0, 0.05) is 32.5 Å². The van der Waals surface area contributed by atoms with Crippen molar-refractivity contribution >= 4 is 17.3 Å². The molecule has 0 unspecified atom stereocenters. The van der Waals surface area contributed by atoms with Crippen LogP contribution in [0.1, 0.15) is 16.1 Å². The number of ether oxygens (including phenoxy) is 1. The Labute approximate surface area is 123 Å². The van der Waals surface area contributed by atoms with Gasteiger partial charge < -0.3 is 19.1 Å². The highest BCUT2D eigenvalue weighted by Gasteiger charge is 2.20. The molecule has 1 heterocycles. The van der Waals surface area contributed by atoms with E-state index in [4.69, 9.17) is 9.26 Å². The van der Waals surface area contributed by atoms with Crippen molar-refractivity contribution in [2.75, 3.05) is 38.1 Å². The molecule has 6 heteroatoms. The highest BCUT2D eigenvalue weighted by Crippen LogP contribution is 2.26. The van der Waals surface area contributed by atoms with Gasteiger partial charge in [-0.1, -0.05) is 6.07 Å². The summed E-state index contributed by atoms with van der Waals surface area (Å²) >= 11 is 0. The van der Waals surface area contributed by atoms with E-state index in [1.54, 1.807) is 7.05 Å². The molecule has 21 heavy (non-hydrogen) atoms. The minimum Gasteiger partial charge on any atom is -0.479 e. The van der Waals surface area contributed by atoms with Crippen LogP contribution in [0.3, 0.4) is 0 Å². The standard InChI is InChI=1S/C15H19N3O3/c1-10-6-7-11(8-12(10)17(2)3)18(4)15(19)13-9-14(20-5)16-21-13/h6-9H,1-5H3.